The standard InChI is InChI=1S/C23H21FN4O3/c1-30-18-11-8-14(12-19(18)31-2)21-20-16(4-3-5-17(20)29)25-23-26-22(27-28(21)23)13-6-9-15(24)10-7-13/h6-12,21H,3-5H2,1-2H3,(H,25,26,27). The summed E-state index contributed by atoms with van der Waals surface area (Å²) in [6.07, 6.45) is 2.06. The van der Waals surface area contributed by atoms with Crippen LogP contribution in [0.1, 0.15) is 30.9 Å². The zero-order chi connectivity index (χ0) is 21.5. The maximum absolute atomic E-state index is 13.4. The van der Waals surface area contributed by atoms with Crippen molar-refractivity contribution in [2.45, 2.75) is 25.3 Å². The molecule has 1 atom stereocenters. The van der Waals surface area contributed by atoms with Gasteiger partial charge in [0.05, 0.1) is 14.2 Å². The first-order valence-corrected chi connectivity index (χ1v) is 10.1. The summed E-state index contributed by atoms with van der Waals surface area (Å²) < 4.78 is 25.9. The lowest BCUT2D eigenvalue weighted by Crippen LogP contribution is -2.31. The number of fused-ring (bicyclic) bond motifs is 1. The van der Waals surface area contributed by atoms with E-state index in [9.17, 15) is 9.18 Å². The van der Waals surface area contributed by atoms with Gasteiger partial charge in [0.2, 0.25) is 5.95 Å². The van der Waals surface area contributed by atoms with Gasteiger partial charge in [0.15, 0.2) is 23.1 Å². The number of halogens is 1. The average Bonchev–Trinajstić information content (AvgIpc) is 3.21. The van der Waals surface area contributed by atoms with E-state index in [1.54, 1.807) is 31.0 Å². The number of hydrogen-bond acceptors (Lipinski definition) is 6. The molecule has 2 aromatic carbocycles. The van der Waals surface area contributed by atoms with Crippen LogP contribution in [0.4, 0.5) is 10.3 Å². The van der Waals surface area contributed by atoms with Gasteiger partial charge in [-0.3, -0.25) is 4.79 Å². The third kappa shape index (κ3) is 3.24. The number of ketones is 1. The number of nitrogens with one attached hydrogen (secondary N) is 1. The predicted octanol–water partition coefficient (Wildman–Crippen LogP) is 4.12. The largest absolute Gasteiger partial charge is 0.493 e. The smallest absolute Gasteiger partial charge is 0.226 e. The number of hydrogen-bond donors (Lipinski definition) is 1. The summed E-state index contributed by atoms with van der Waals surface area (Å²) >= 11 is 0. The summed E-state index contributed by atoms with van der Waals surface area (Å²) in [5.41, 5.74) is 3.11. The van der Waals surface area contributed by atoms with E-state index >= 15 is 0 Å². The molecule has 0 saturated carbocycles. The van der Waals surface area contributed by atoms with E-state index in [4.69, 9.17) is 14.6 Å². The second-order valence-corrected chi connectivity index (χ2v) is 7.52. The summed E-state index contributed by atoms with van der Waals surface area (Å²) in [4.78, 5) is 17.6. The van der Waals surface area contributed by atoms with Crippen LogP contribution in [0.25, 0.3) is 11.4 Å². The van der Waals surface area contributed by atoms with E-state index in [1.165, 1.54) is 12.1 Å². The van der Waals surface area contributed by atoms with Crippen molar-refractivity contribution in [1.82, 2.24) is 14.8 Å². The molecular formula is C23H21FN4O3. The number of rotatable bonds is 4. The van der Waals surface area contributed by atoms with E-state index in [2.05, 4.69) is 10.3 Å². The molecule has 1 aromatic heterocycles. The number of benzene rings is 2. The van der Waals surface area contributed by atoms with Crippen LogP contribution in [0.5, 0.6) is 11.5 Å². The summed E-state index contributed by atoms with van der Waals surface area (Å²) in [5, 5.41) is 7.99. The van der Waals surface area contributed by atoms with Crippen molar-refractivity contribution in [1.29, 1.82) is 0 Å². The van der Waals surface area contributed by atoms with E-state index in [0.29, 0.717) is 40.8 Å². The van der Waals surface area contributed by atoms with Gasteiger partial charge in [-0.15, -0.1) is 5.10 Å². The average molecular weight is 420 g/mol. The summed E-state index contributed by atoms with van der Waals surface area (Å²) in [6, 6.07) is 11.2. The van der Waals surface area contributed by atoms with Crippen molar-refractivity contribution in [3.8, 4) is 22.9 Å². The highest BCUT2D eigenvalue weighted by atomic mass is 19.1. The molecule has 0 saturated heterocycles. The number of nitrogens with zero attached hydrogens (tertiary/aromatic N) is 3. The Bertz CT molecular complexity index is 1200. The Morgan fingerprint density at radius 1 is 1.06 bits per heavy atom. The Hall–Kier alpha value is -3.68. The van der Waals surface area contributed by atoms with Crippen LogP contribution in [0.2, 0.25) is 0 Å². The quantitative estimate of drug-likeness (QED) is 0.684. The summed E-state index contributed by atoms with van der Waals surface area (Å²) in [5.74, 6) is 1.96. The first-order chi connectivity index (χ1) is 15.1. The topological polar surface area (TPSA) is 78.3 Å². The van der Waals surface area contributed by atoms with Crippen molar-refractivity contribution in [3.05, 3.63) is 65.1 Å². The van der Waals surface area contributed by atoms with Gasteiger partial charge in [-0.1, -0.05) is 6.07 Å². The van der Waals surface area contributed by atoms with Crippen LogP contribution in [0.3, 0.4) is 0 Å². The van der Waals surface area contributed by atoms with E-state index in [0.717, 1.165) is 24.1 Å². The van der Waals surface area contributed by atoms with Gasteiger partial charge < -0.3 is 14.8 Å². The number of allylic oxidation sites excluding steroid dienone is 2. The van der Waals surface area contributed by atoms with E-state index in [-0.39, 0.29) is 11.6 Å². The van der Waals surface area contributed by atoms with Crippen LogP contribution < -0.4 is 14.8 Å². The van der Waals surface area contributed by atoms with Crippen molar-refractivity contribution < 1.29 is 18.7 Å². The lowest BCUT2D eigenvalue weighted by molar-refractivity contribution is -0.116. The molecule has 2 heterocycles. The SMILES string of the molecule is COc1ccc(C2C3=C(CCCC3=O)Nc3nc(-c4ccc(F)cc4)nn32)cc1OC. The Morgan fingerprint density at radius 3 is 2.58 bits per heavy atom. The van der Waals surface area contributed by atoms with Gasteiger partial charge >= 0.3 is 0 Å². The van der Waals surface area contributed by atoms with Crippen LogP contribution >= 0.6 is 0 Å². The van der Waals surface area contributed by atoms with Gasteiger partial charge in [-0.25, -0.2) is 9.07 Å². The minimum Gasteiger partial charge on any atom is -0.493 e. The van der Waals surface area contributed by atoms with Crippen molar-refractivity contribution in [2.75, 3.05) is 19.5 Å². The monoisotopic (exact) mass is 420 g/mol. The maximum atomic E-state index is 13.4. The molecule has 1 aliphatic carbocycles. The number of Topliss-reactive ketones (excluding diaryl/α,β-unsaturated/α-hetero) is 1. The fourth-order valence-electron chi connectivity index (χ4n) is 4.21. The zero-order valence-electron chi connectivity index (χ0n) is 17.2. The Morgan fingerprint density at radius 2 is 1.84 bits per heavy atom. The summed E-state index contributed by atoms with van der Waals surface area (Å²) in [6.45, 7) is 0. The first-order valence-electron chi connectivity index (χ1n) is 10.1. The Labute approximate surface area is 178 Å². The molecule has 158 valence electrons. The normalized spacial score (nSPS) is 17.6. The van der Waals surface area contributed by atoms with Crippen molar-refractivity contribution >= 4 is 11.7 Å². The third-order valence-electron chi connectivity index (χ3n) is 5.69. The summed E-state index contributed by atoms with van der Waals surface area (Å²) in [7, 11) is 3.16. The van der Waals surface area contributed by atoms with Crippen molar-refractivity contribution in [2.24, 2.45) is 0 Å². The molecule has 0 bridgehead atoms. The lowest BCUT2D eigenvalue weighted by atomic mass is 9.85. The third-order valence-corrected chi connectivity index (χ3v) is 5.69. The fraction of sp³-hybridized carbons (Fsp3) is 0.261. The zero-order valence-corrected chi connectivity index (χ0v) is 17.2. The predicted molar refractivity (Wildman–Crippen MR) is 113 cm³/mol. The molecule has 1 unspecified atom stereocenters. The second-order valence-electron chi connectivity index (χ2n) is 7.52. The Balaban J connectivity index is 1.67. The van der Waals surface area contributed by atoms with Crippen LogP contribution in [-0.4, -0.2) is 34.8 Å². The highest BCUT2D eigenvalue weighted by molar-refractivity contribution is 5.99. The highest BCUT2D eigenvalue weighted by Gasteiger charge is 2.37. The second kappa shape index (κ2) is 7.54. The maximum Gasteiger partial charge on any atom is 0.226 e. The molecule has 3 aromatic rings. The lowest BCUT2D eigenvalue weighted by Gasteiger charge is -2.32. The molecule has 2 aliphatic rings. The number of aromatic nitrogens is 3. The van der Waals surface area contributed by atoms with Crippen LogP contribution in [-0.2, 0) is 4.79 Å². The molecular weight excluding hydrogens is 399 g/mol. The molecule has 0 fully saturated rings. The molecule has 0 radical (unpaired) electrons. The van der Waals surface area contributed by atoms with Crippen LogP contribution in [0, 0.1) is 5.82 Å². The molecule has 7 nitrogen and oxygen atoms in total. The van der Waals surface area contributed by atoms with E-state index < -0.39 is 6.04 Å². The number of anilines is 1. The van der Waals surface area contributed by atoms with E-state index in [1.807, 2.05) is 18.2 Å². The molecule has 31 heavy (non-hydrogen) atoms. The first kappa shape index (κ1) is 19.3. The highest BCUT2D eigenvalue weighted by Crippen LogP contribution is 2.42. The fourth-order valence-corrected chi connectivity index (χ4v) is 4.21. The van der Waals surface area contributed by atoms with Crippen molar-refractivity contribution in [3.63, 3.8) is 0 Å². The van der Waals surface area contributed by atoms with Gasteiger partial charge in [0, 0.05) is 23.3 Å². The number of ether oxygens (including phenoxy) is 2. The molecule has 1 N–H and O–H groups in total. The molecule has 8 heteroatoms. The number of methoxy groups -OCH3 is 2. The van der Waals surface area contributed by atoms with Gasteiger partial charge in [0.25, 0.3) is 0 Å². The molecule has 1 aliphatic heterocycles. The number of carbonyl (C=O) groups excluding carboxylic acids is 1. The molecule has 0 spiro atoms. The Kier molecular flexibility index (Phi) is 4.69. The minimum atomic E-state index is -0.444. The van der Waals surface area contributed by atoms with Crippen LogP contribution in [0.15, 0.2) is 53.7 Å². The minimum absolute atomic E-state index is 0.0954. The molecule has 5 rings (SSSR count). The number of carbonyl (C=O) groups is 1. The molecule has 0 amide bonds. The van der Waals surface area contributed by atoms with Gasteiger partial charge in [-0.2, -0.15) is 4.98 Å². The van der Waals surface area contributed by atoms with Gasteiger partial charge in [0.1, 0.15) is 11.9 Å². The van der Waals surface area contributed by atoms with Gasteiger partial charge in [-0.05, 0) is 54.8 Å².